The Morgan fingerprint density at radius 2 is 2.31 bits per heavy atom. The van der Waals surface area contributed by atoms with Crippen LogP contribution in [0.1, 0.15) is 0 Å². The molecule has 0 aliphatic rings. The average molecular weight is 237 g/mol. The number of hydrogen-bond acceptors (Lipinski definition) is 5. The zero-order valence-corrected chi connectivity index (χ0v) is 10.3. The summed E-state index contributed by atoms with van der Waals surface area (Å²) < 4.78 is 6.17. The zero-order chi connectivity index (χ0) is 11.5. The van der Waals surface area contributed by atoms with Crippen LogP contribution in [0.3, 0.4) is 0 Å². The number of nitrogens with zero attached hydrogens (tertiary/aromatic N) is 2. The number of methoxy groups -OCH3 is 1. The van der Waals surface area contributed by atoms with Crippen LogP contribution in [0.15, 0.2) is 18.2 Å². The summed E-state index contributed by atoms with van der Waals surface area (Å²) >= 11 is 1.65. The Kier molecular flexibility index (Phi) is 3.26. The van der Waals surface area contributed by atoms with E-state index in [0.717, 1.165) is 27.6 Å². The Labute approximate surface area is 98.6 Å². The molecule has 0 unspecified atom stereocenters. The van der Waals surface area contributed by atoms with Gasteiger partial charge in [0.15, 0.2) is 5.13 Å². The van der Waals surface area contributed by atoms with Gasteiger partial charge in [0, 0.05) is 26.4 Å². The summed E-state index contributed by atoms with van der Waals surface area (Å²) in [7, 11) is 3.72. The van der Waals surface area contributed by atoms with Crippen LogP contribution in [0, 0.1) is 0 Å². The third-order valence-corrected chi connectivity index (χ3v) is 3.49. The third-order valence-electron chi connectivity index (χ3n) is 2.36. The maximum atomic E-state index is 5.73. The molecule has 0 atom stereocenters. The summed E-state index contributed by atoms with van der Waals surface area (Å²) in [5, 5.41) is 0.998. The second-order valence-electron chi connectivity index (χ2n) is 3.64. The molecule has 0 amide bonds. The van der Waals surface area contributed by atoms with E-state index in [0.29, 0.717) is 6.61 Å². The van der Waals surface area contributed by atoms with Crippen molar-refractivity contribution >= 4 is 32.4 Å². The second kappa shape index (κ2) is 4.67. The molecule has 0 saturated heterocycles. The first kappa shape index (κ1) is 11.2. The summed E-state index contributed by atoms with van der Waals surface area (Å²) in [4.78, 5) is 6.63. The largest absolute Gasteiger partial charge is 0.399 e. The molecule has 16 heavy (non-hydrogen) atoms. The fourth-order valence-corrected chi connectivity index (χ4v) is 2.42. The molecule has 2 aromatic rings. The minimum Gasteiger partial charge on any atom is -0.399 e. The summed E-state index contributed by atoms with van der Waals surface area (Å²) in [6.45, 7) is 1.54. The average Bonchev–Trinajstić information content (AvgIpc) is 2.68. The molecule has 0 aliphatic heterocycles. The van der Waals surface area contributed by atoms with Crippen molar-refractivity contribution in [3.63, 3.8) is 0 Å². The van der Waals surface area contributed by atoms with Gasteiger partial charge in [-0.3, -0.25) is 0 Å². The number of fused-ring (bicyclic) bond motifs is 1. The number of ether oxygens (including phenoxy) is 1. The highest BCUT2D eigenvalue weighted by Gasteiger charge is 2.07. The molecule has 4 nitrogen and oxygen atoms in total. The number of thiazole rings is 1. The molecule has 1 aromatic carbocycles. The quantitative estimate of drug-likeness (QED) is 0.826. The topological polar surface area (TPSA) is 51.4 Å². The number of likely N-dealkylation sites (N-methyl/N-ethyl adjacent to an activating group) is 1. The van der Waals surface area contributed by atoms with Crippen LogP contribution < -0.4 is 10.6 Å². The van der Waals surface area contributed by atoms with Crippen molar-refractivity contribution in [2.75, 3.05) is 37.9 Å². The first-order valence-electron chi connectivity index (χ1n) is 5.07. The molecule has 2 rings (SSSR count). The lowest BCUT2D eigenvalue weighted by atomic mass is 10.3. The lowest BCUT2D eigenvalue weighted by molar-refractivity contribution is 0.206. The van der Waals surface area contributed by atoms with Gasteiger partial charge in [-0.1, -0.05) is 11.3 Å². The van der Waals surface area contributed by atoms with Crippen molar-refractivity contribution in [3.05, 3.63) is 18.2 Å². The van der Waals surface area contributed by atoms with E-state index < -0.39 is 0 Å². The number of anilines is 2. The predicted molar refractivity (Wildman–Crippen MR) is 69.2 cm³/mol. The van der Waals surface area contributed by atoms with Gasteiger partial charge in [0.25, 0.3) is 0 Å². The molecule has 86 valence electrons. The fourth-order valence-electron chi connectivity index (χ4n) is 1.42. The van der Waals surface area contributed by atoms with Crippen molar-refractivity contribution in [2.45, 2.75) is 0 Å². The van der Waals surface area contributed by atoms with E-state index in [1.807, 2.05) is 25.2 Å². The van der Waals surface area contributed by atoms with Crippen LogP contribution in [0.4, 0.5) is 10.8 Å². The van der Waals surface area contributed by atoms with Crippen molar-refractivity contribution < 1.29 is 4.74 Å². The number of benzene rings is 1. The molecule has 0 radical (unpaired) electrons. The van der Waals surface area contributed by atoms with Crippen LogP contribution in [0.5, 0.6) is 0 Å². The molecule has 5 heteroatoms. The molecule has 1 aromatic heterocycles. The molecule has 0 fully saturated rings. The van der Waals surface area contributed by atoms with E-state index in [2.05, 4.69) is 9.88 Å². The van der Waals surface area contributed by atoms with Gasteiger partial charge in [-0.2, -0.15) is 0 Å². The first-order chi connectivity index (χ1) is 7.70. The molecule has 0 saturated carbocycles. The Morgan fingerprint density at radius 1 is 1.50 bits per heavy atom. The highest BCUT2D eigenvalue weighted by molar-refractivity contribution is 7.22. The lowest BCUT2D eigenvalue weighted by Crippen LogP contribution is -2.21. The Hall–Kier alpha value is -1.33. The van der Waals surface area contributed by atoms with E-state index in [-0.39, 0.29) is 0 Å². The monoisotopic (exact) mass is 237 g/mol. The van der Waals surface area contributed by atoms with Gasteiger partial charge in [0.1, 0.15) is 0 Å². The summed E-state index contributed by atoms with van der Waals surface area (Å²) in [6, 6.07) is 5.79. The minimum atomic E-state index is 0.703. The summed E-state index contributed by atoms with van der Waals surface area (Å²) in [5.41, 5.74) is 7.51. The summed E-state index contributed by atoms with van der Waals surface area (Å²) in [6.07, 6.45) is 0. The van der Waals surface area contributed by atoms with Gasteiger partial charge < -0.3 is 15.4 Å². The lowest BCUT2D eigenvalue weighted by Gasteiger charge is -2.14. The molecule has 0 bridgehead atoms. The fraction of sp³-hybridized carbons (Fsp3) is 0.364. The molecule has 0 aliphatic carbocycles. The smallest absolute Gasteiger partial charge is 0.186 e. The molecule has 2 N–H and O–H groups in total. The van der Waals surface area contributed by atoms with E-state index in [1.54, 1.807) is 18.4 Å². The van der Waals surface area contributed by atoms with Crippen LogP contribution >= 0.6 is 11.3 Å². The van der Waals surface area contributed by atoms with E-state index in [1.165, 1.54) is 0 Å². The van der Waals surface area contributed by atoms with E-state index in [4.69, 9.17) is 10.5 Å². The maximum Gasteiger partial charge on any atom is 0.186 e. The first-order valence-corrected chi connectivity index (χ1v) is 5.88. The van der Waals surface area contributed by atoms with E-state index >= 15 is 0 Å². The third kappa shape index (κ3) is 2.25. The van der Waals surface area contributed by atoms with Gasteiger partial charge in [-0.05, 0) is 18.2 Å². The predicted octanol–water partition coefficient (Wildman–Crippen LogP) is 1.96. The number of nitrogens with two attached hydrogens (primary N) is 1. The van der Waals surface area contributed by atoms with Crippen molar-refractivity contribution in [1.82, 2.24) is 4.98 Å². The summed E-state index contributed by atoms with van der Waals surface area (Å²) in [5.74, 6) is 0. The van der Waals surface area contributed by atoms with Gasteiger partial charge in [0.2, 0.25) is 0 Å². The number of aromatic nitrogens is 1. The van der Waals surface area contributed by atoms with E-state index in [9.17, 15) is 0 Å². The van der Waals surface area contributed by atoms with Gasteiger partial charge in [-0.15, -0.1) is 0 Å². The Morgan fingerprint density at radius 3 is 3.06 bits per heavy atom. The Balaban J connectivity index is 2.25. The van der Waals surface area contributed by atoms with Gasteiger partial charge in [0.05, 0.1) is 16.8 Å². The standard InChI is InChI=1S/C11H15N3OS/c1-14(5-6-15-2)11-13-9-4-3-8(12)7-10(9)16-11/h3-4,7H,5-6,12H2,1-2H3. The number of hydrogen-bond donors (Lipinski definition) is 1. The van der Waals surface area contributed by atoms with Crippen LogP contribution in [-0.4, -0.2) is 32.3 Å². The SMILES string of the molecule is COCCN(C)c1nc2ccc(N)cc2s1. The zero-order valence-electron chi connectivity index (χ0n) is 9.43. The van der Waals surface area contributed by atoms with Crippen molar-refractivity contribution in [2.24, 2.45) is 0 Å². The number of nitrogen functional groups attached to an aromatic ring is 1. The van der Waals surface area contributed by atoms with Crippen molar-refractivity contribution in [3.8, 4) is 0 Å². The molecular formula is C11H15N3OS. The van der Waals surface area contributed by atoms with Gasteiger partial charge in [-0.25, -0.2) is 4.98 Å². The number of rotatable bonds is 4. The molecule has 1 heterocycles. The van der Waals surface area contributed by atoms with Crippen LogP contribution in [0.25, 0.3) is 10.2 Å². The van der Waals surface area contributed by atoms with Gasteiger partial charge >= 0.3 is 0 Å². The second-order valence-corrected chi connectivity index (χ2v) is 4.65. The van der Waals surface area contributed by atoms with Crippen LogP contribution in [0.2, 0.25) is 0 Å². The molecule has 0 spiro atoms. The highest BCUT2D eigenvalue weighted by Crippen LogP contribution is 2.29. The Bertz CT molecular complexity index is 483. The minimum absolute atomic E-state index is 0.703. The molecular weight excluding hydrogens is 222 g/mol. The maximum absolute atomic E-state index is 5.73. The normalized spacial score (nSPS) is 10.9. The highest BCUT2D eigenvalue weighted by atomic mass is 32.1. The van der Waals surface area contributed by atoms with Crippen molar-refractivity contribution in [1.29, 1.82) is 0 Å². The van der Waals surface area contributed by atoms with Crippen LogP contribution in [-0.2, 0) is 4.74 Å².